The molecule has 0 spiro atoms. The number of aryl methyl sites for hydroxylation is 2. The van der Waals surface area contributed by atoms with E-state index in [-0.39, 0.29) is 5.92 Å². The predicted molar refractivity (Wildman–Crippen MR) is 121 cm³/mol. The minimum Gasteiger partial charge on any atom is -0.493 e. The van der Waals surface area contributed by atoms with Gasteiger partial charge in [0.1, 0.15) is 5.75 Å². The number of fused-ring (bicyclic) bond motifs is 1. The number of H-pyrrole nitrogens is 1. The number of nitrogens with one attached hydrogen (secondary N) is 1. The fourth-order valence-electron chi connectivity index (χ4n) is 5.00. The summed E-state index contributed by atoms with van der Waals surface area (Å²) < 4.78 is 48.6. The van der Waals surface area contributed by atoms with Gasteiger partial charge in [-0.15, -0.1) is 6.58 Å². The summed E-state index contributed by atoms with van der Waals surface area (Å²) in [5.74, 6) is 0.782. The SMILES string of the molecule is C=CCC(C)c1[nH]c(CC(O)(CC(C)(C)c2cc(C)cc3c2OCC3)C(F)(F)F)cc1C. The number of aromatic nitrogens is 1. The Labute approximate surface area is 188 Å². The normalized spacial score (nSPS) is 16.9. The van der Waals surface area contributed by atoms with E-state index >= 15 is 0 Å². The van der Waals surface area contributed by atoms with Gasteiger partial charge in [-0.1, -0.05) is 44.5 Å². The smallest absolute Gasteiger partial charge is 0.417 e. The van der Waals surface area contributed by atoms with Gasteiger partial charge in [0.25, 0.3) is 0 Å². The second kappa shape index (κ2) is 8.62. The van der Waals surface area contributed by atoms with Crippen molar-refractivity contribution in [1.29, 1.82) is 0 Å². The molecule has 3 nitrogen and oxygen atoms in total. The average molecular weight is 450 g/mol. The molecule has 176 valence electrons. The van der Waals surface area contributed by atoms with Crippen LogP contribution in [-0.4, -0.2) is 28.5 Å². The molecule has 1 aliphatic heterocycles. The molecule has 6 heteroatoms. The van der Waals surface area contributed by atoms with Crippen LogP contribution in [0.5, 0.6) is 5.75 Å². The van der Waals surface area contributed by atoms with E-state index in [1.165, 1.54) is 0 Å². The molecule has 0 fully saturated rings. The molecule has 1 aliphatic rings. The molecule has 2 N–H and O–H groups in total. The van der Waals surface area contributed by atoms with Crippen LogP contribution in [0.3, 0.4) is 0 Å². The Balaban J connectivity index is 1.95. The topological polar surface area (TPSA) is 45.2 Å². The van der Waals surface area contributed by atoms with Crippen molar-refractivity contribution in [2.24, 2.45) is 0 Å². The number of ether oxygens (including phenoxy) is 1. The third-order valence-corrected chi connectivity index (χ3v) is 6.53. The summed E-state index contributed by atoms with van der Waals surface area (Å²) in [4.78, 5) is 3.14. The summed E-state index contributed by atoms with van der Waals surface area (Å²) in [5, 5.41) is 11.1. The fourth-order valence-corrected chi connectivity index (χ4v) is 5.00. The lowest BCUT2D eigenvalue weighted by atomic mass is 9.72. The quantitative estimate of drug-likeness (QED) is 0.455. The van der Waals surface area contributed by atoms with Gasteiger partial charge < -0.3 is 14.8 Å². The molecule has 1 aromatic carbocycles. The highest BCUT2D eigenvalue weighted by Gasteiger charge is 2.56. The molecule has 0 radical (unpaired) electrons. The van der Waals surface area contributed by atoms with Gasteiger partial charge in [-0.2, -0.15) is 13.2 Å². The van der Waals surface area contributed by atoms with E-state index in [2.05, 4.69) is 11.6 Å². The number of rotatable bonds is 8. The van der Waals surface area contributed by atoms with Crippen LogP contribution >= 0.6 is 0 Å². The number of allylic oxidation sites excluding steroid dienone is 1. The maximum atomic E-state index is 14.3. The lowest BCUT2D eigenvalue weighted by Crippen LogP contribution is -2.51. The first-order valence-electron chi connectivity index (χ1n) is 11.1. The Morgan fingerprint density at radius 1 is 1.22 bits per heavy atom. The standard InChI is InChI=1S/C26H34F3NO2/c1-7-8-17(3)22-18(4)13-20(30-22)14-25(31,26(27,28)29)15-24(5,6)21-12-16(2)11-19-9-10-32-23(19)21/h7,11-13,17,30-31H,1,8-10,14-15H2,2-6H3. The van der Waals surface area contributed by atoms with Crippen molar-refractivity contribution >= 4 is 0 Å². The van der Waals surface area contributed by atoms with Gasteiger partial charge in [0.05, 0.1) is 6.61 Å². The molecule has 0 amide bonds. The van der Waals surface area contributed by atoms with Crippen molar-refractivity contribution in [2.45, 2.75) is 83.4 Å². The molecule has 0 bridgehead atoms. The zero-order chi connectivity index (χ0) is 23.9. The summed E-state index contributed by atoms with van der Waals surface area (Å²) in [6.45, 7) is 13.6. The highest BCUT2D eigenvalue weighted by Crippen LogP contribution is 2.47. The maximum absolute atomic E-state index is 14.3. The van der Waals surface area contributed by atoms with Gasteiger partial charge in [-0.05, 0) is 55.2 Å². The number of hydrogen-bond donors (Lipinski definition) is 2. The van der Waals surface area contributed by atoms with Crippen molar-refractivity contribution in [3.8, 4) is 5.75 Å². The van der Waals surface area contributed by atoms with Crippen LogP contribution in [0.2, 0.25) is 0 Å². The maximum Gasteiger partial charge on any atom is 0.417 e. The first-order valence-corrected chi connectivity index (χ1v) is 11.1. The average Bonchev–Trinajstić information content (AvgIpc) is 3.25. The van der Waals surface area contributed by atoms with Gasteiger partial charge >= 0.3 is 6.18 Å². The van der Waals surface area contributed by atoms with Crippen LogP contribution in [0, 0.1) is 13.8 Å². The lowest BCUT2D eigenvalue weighted by Gasteiger charge is -2.38. The third-order valence-electron chi connectivity index (χ3n) is 6.53. The predicted octanol–water partition coefficient (Wildman–Crippen LogP) is 6.45. The zero-order valence-corrected chi connectivity index (χ0v) is 19.6. The van der Waals surface area contributed by atoms with Crippen molar-refractivity contribution < 1.29 is 23.0 Å². The van der Waals surface area contributed by atoms with Crippen molar-refractivity contribution in [3.05, 3.63) is 64.5 Å². The molecule has 3 rings (SSSR count). The van der Waals surface area contributed by atoms with Crippen LogP contribution in [-0.2, 0) is 18.3 Å². The third kappa shape index (κ3) is 4.75. The number of hydrogen-bond acceptors (Lipinski definition) is 2. The Hall–Kier alpha value is -2.21. The number of benzene rings is 1. The number of aliphatic hydroxyl groups is 1. The van der Waals surface area contributed by atoms with E-state index in [1.54, 1.807) is 26.0 Å². The summed E-state index contributed by atoms with van der Waals surface area (Å²) in [5.41, 5.74) is 1.04. The summed E-state index contributed by atoms with van der Waals surface area (Å²) in [6.07, 6.45) is -2.53. The summed E-state index contributed by atoms with van der Waals surface area (Å²) in [6, 6.07) is 5.62. The van der Waals surface area contributed by atoms with E-state index in [0.717, 1.165) is 40.8 Å². The van der Waals surface area contributed by atoms with Crippen molar-refractivity contribution in [2.75, 3.05) is 6.61 Å². The van der Waals surface area contributed by atoms with Crippen LogP contribution in [0.15, 0.2) is 30.9 Å². The second-order valence-electron chi connectivity index (χ2n) is 9.98. The molecule has 2 aromatic rings. The molecule has 2 unspecified atom stereocenters. The second-order valence-corrected chi connectivity index (χ2v) is 9.98. The molecule has 1 aromatic heterocycles. The van der Waals surface area contributed by atoms with Crippen molar-refractivity contribution in [3.63, 3.8) is 0 Å². The highest BCUT2D eigenvalue weighted by molar-refractivity contribution is 5.50. The number of aromatic amines is 1. The zero-order valence-electron chi connectivity index (χ0n) is 19.6. The van der Waals surface area contributed by atoms with Gasteiger partial charge in [-0.3, -0.25) is 0 Å². The van der Waals surface area contributed by atoms with Crippen molar-refractivity contribution in [1.82, 2.24) is 4.98 Å². The van der Waals surface area contributed by atoms with E-state index < -0.39 is 30.0 Å². The van der Waals surface area contributed by atoms with Crippen LogP contribution < -0.4 is 4.74 Å². The Bertz CT molecular complexity index is 990. The highest BCUT2D eigenvalue weighted by atomic mass is 19.4. The first-order chi connectivity index (χ1) is 14.8. The molecule has 0 aliphatic carbocycles. The lowest BCUT2D eigenvalue weighted by molar-refractivity contribution is -0.266. The van der Waals surface area contributed by atoms with E-state index in [0.29, 0.717) is 18.1 Å². The minimum absolute atomic E-state index is 0.115. The van der Waals surface area contributed by atoms with Gasteiger partial charge in [0.2, 0.25) is 0 Å². The van der Waals surface area contributed by atoms with Crippen LogP contribution in [0.1, 0.15) is 73.2 Å². The molecular formula is C26H34F3NO2. The number of halogens is 3. The minimum atomic E-state index is -4.79. The fraction of sp³-hybridized carbons (Fsp3) is 0.538. The molecular weight excluding hydrogens is 415 g/mol. The molecule has 0 saturated carbocycles. The molecule has 32 heavy (non-hydrogen) atoms. The van der Waals surface area contributed by atoms with Crippen LogP contribution in [0.4, 0.5) is 13.2 Å². The monoisotopic (exact) mass is 449 g/mol. The van der Waals surface area contributed by atoms with E-state index in [9.17, 15) is 18.3 Å². The van der Waals surface area contributed by atoms with Crippen LogP contribution in [0.25, 0.3) is 0 Å². The van der Waals surface area contributed by atoms with Gasteiger partial charge in [0, 0.05) is 29.8 Å². The molecule has 2 heterocycles. The summed E-state index contributed by atoms with van der Waals surface area (Å²) in [7, 11) is 0. The van der Waals surface area contributed by atoms with E-state index in [1.807, 2.05) is 32.9 Å². The summed E-state index contributed by atoms with van der Waals surface area (Å²) >= 11 is 0. The van der Waals surface area contributed by atoms with Gasteiger partial charge in [0.15, 0.2) is 5.60 Å². The molecule has 2 atom stereocenters. The molecule has 0 saturated heterocycles. The Morgan fingerprint density at radius 3 is 2.53 bits per heavy atom. The Kier molecular flexibility index (Phi) is 6.58. The first kappa shape index (κ1) is 24.4. The van der Waals surface area contributed by atoms with E-state index in [4.69, 9.17) is 4.74 Å². The van der Waals surface area contributed by atoms with Gasteiger partial charge in [-0.25, -0.2) is 0 Å². The largest absolute Gasteiger partial charge is 0.493 e. The number of alkyl halides is 3. The Morgan fingerprint density at radius 2 is 1.91 bits per heavy atom.